The number of benzene rings is 2. The van der Waals surface area contributed by atoms with Crippen molar-refractivity contribution in [2.75, 3.05) is 32.7 Å². The summed E-state index contributed by atoms with van der Waals surface area (Å²) >= 11 is 0. The molecule has 3 rings (SSSR count). The molecular weight excluding hydrogens is 306 g/mol. The summed E-state index contributed by atoms with van der Waals surface area (Å²) < 4.78 is 5.40. The zero-order valence-electron chi connectivity index (χ0n) is 13.5. The van der Waals surface area contributed by atoms with Gasteiger partial charge in [0.1, 0.15) is 6.61 Å². The van der Waals surface area contributed by atoms with E-state index in [0.717, 1.165) is 16.3 Å². The maximum absolute atomic E-state index is 12.2. The lowest BCUT2D eigenvalue weighted by Gasteiger charge is -2.33. The molecular formula is C18H21N3O3. The van der Waals surface area contributed by atoms with Crippen molar-refractivity contribution in [3.05, 3.63) is 48.0 Å². The minimum atomic E-state index is -0.344. The summed E-state index contributed by atoms with van der Waals surface area (Å²) in [4.78, 5) is 27.0. The number of piperazine rings is 1. The lowest BCUT2D eigenvalue weighted by atomic mass is 10.1. The molecule has 0 bridgehead atoms. The molecule has 0 aromatic heterocycles. The molecule has 0 atom stereocenters. The summed E-state index contributed by atoms with van der Waals surface area (Å²) in [6.07, 6.45) is -0.344. The molecule has 2 aromatic carbocycles. The molecule has 1 saturated heterocycles. The number of carbonyl (C=O) groups excluding carboxylic acids is 2. The number of nitrogens with two attached hydrogens (primary N) is 1. The lowest BCUT2D eigenvalue weighted by molar-refractivity contribution is -0.131. The van der Waals surface area contributed by atoms with Crippen LogP contribution in [0.5, 0.6) is 0 Å². The minimum Gasteiger partial charge on any atom is -0.445 e. The highest BCUT2D eigenvalue weighted by Crippen LogP contribution is 2.16. The number of carbonyl (C=O) groups is 2. The Kier molecular flexibility index (Phi) is 4.96. The van der Waals surface area contributed by atoms with Gasteiger partial charge in [-0.05, 0) is 22.4 Å². The normalized spacial score (nSPS) is 14.7. The molecule has 0 aliphatic carbocycles. The van der Waals surface area contributed by atoms with Gasteiger partial charge >= 0.3 is 6.09 Å². The predicted octanol–water partition coefficient (Wildman–Crippen LogP) is 1.58. The van der Waals surface area contributed by atoms with Gasteiger partial charge in [0.2, 0.25) is 5.91 Å². The van der Waals surface area contributed by atoms with Crippen LogP contribution in [0.2, 0.25) is 0 Å². The standard InChI is InChI=1S/C18H21N3O3/c19-12-17(22)20-7-9-21(10-8-20)18(23)24-13-14-5-6-15-3-1-2-4-16(15)11-14/h1-6,11H,7-10,12-13,19H2. The van der Waals surface area contributed by atoms with Gasteiger partial charge in [-0.2, -0.15) is 0 Å². The van der Waals surface area contributed by atoms with Gasteiger partial charge in [-0.1, -0.05) is 36.4 Å². The molecule has 126 valence electrons. The van der Waals surface area contributed by atoms with Crippen molar-refractivity contribution in [2.45, 2.75) is 6.61 Å². The Balaban J connectivity index is 1.53. The average molecular weight is 327 g/mol. The van der Waals surface area contributed by atoms with E-state index in [1.807, 2.05) is 42.5 Å². The Hall–Kier alpha value is -2.60. The van der Waals surface area contributed by atoms with E-state index in [9.17, 15) is 9.59 Å². The van der Waals surface area contributed by atoms with Crippen molar-refractivity contribution >= 4 is 22.8 Å². The maximum atomic E-state index is 12.2. The topological polar surface area (TPSA) is 75.9 Å². The van der Waals surface area contributed by atoms with Gasteiger partial charge in [0.05, 0.1) is 6.54 Å². The number of rotatable bonds is 3. The van der Waals surface area contributed by atoms with Gasteiger partial charge in [0, 0.05) is 26.2 Å². The van der Waals surface area contributed by atoms with Crippen LogP contribution in [0.15, 0.2) is 42.5 Å². The van der Waals surface area contributed by atoms with Gasteiger partial charge < -0.3 is 20.3 Å². The zero-order chi connectivity index (χ0) is 16.9. The molecule has 2 amide bonds. The van der Waals surface area contributed by atoms with Crippen LogP contribution < -0.4 is 5.73 Å². The summed E-state index contributed by atoms with van der Waals surface area (Å²) in [5, 5.41) is 2.29. The van der Waals surface area contributed by atoms with Crippen molar-refractivity contribution in [3.8, 4) is 0 Å². The van der Waals surface area contributed by atoms with Crippen LogP contribution in [0.4, 0.5) is 4.79 Å². The number of ether oxygens (including phenoxy) is 1. The highest BCUT2D eigenvalue weighted by molar-refractivity contribution is 5.83. The van der Waals surface area contributed by atoms with E-state index < -0.39 is 0 Å². The molecule has 1 fully saturated rings. The first-order valence-electron chi connectivity index (χ1n) is 8.04. The van der Waals surface area contributed by atoms with Crippen LogP contribution in [0.3, 0.4) is 0 Å². The number of fused-ring (bicyclic) bond motifs is 1. The van der Waals surface area contributed by atoms with Crippen LogP contribution in [0.1, 0.15) is 5.56 Å². The van der Waals surface area contributed by atoms with Crippen molar-refractivity contribution in [2.24, 2.45) is 5.73 Å². The molecule has 2 aromatic rings. The molecule has 1 aliphatic heterocycles. The van der Waals surface area contributed by atoms with Crippen molar-refractivity contribution in [1.29, 1.82) is 0 Å². The van der Waals surface area contributed by atoms with Crippen LogP contribution in [0, 0.1) is 0 Å². The van der Waals surface area contributed by atoms with E-state index in [4.69, 9.17) is 10.5 Å². The molecule has 0 saturated carbocycles. The van der Waals surface area contributed by atoms with Crippen molar-refractivity contribution < 1.29 is 14.3 Å². The first-order valence-corrected chi connectivity index (χ1v) is 8.04. The monoisotopic (exact) mass is 327 g/mol. The number of hydrogen-bond donors (Lipinski definition) is 1. The Morgan fingerprint density at radius 3 is 2.33 bits per heavy atom. The smallest absolute Gasteiger partial charge is 0.410 e. The van der Waals surface area contributed by atoms with E-state index in [-0.39, 0.29) is 25.2 Å². The molecule has 6 heteroatoms. The first kappa shape index (κ1) is 16.3. The zero-order valence-corrected chi connectivity index (χ0v) is 13.5. The molecule has 1 aliphatic rings. The van der Waals surface area contributed by atoms with E-state index in [1.54, 1.807) is 9.80 Å². The number of nitrogens with zero attached hydrogens (tertiary/aromatic N) is 2. The van der Waals surface area contributed by atoms with Gasteiger partial charge in [-0.25, -0.2) is 4.79 Å². The second-order valence-electron chi connectivity index (χ2n) is 5.81. The van der Waals surface area contributed by atoms with Crippen molar-refractivity contribution in [3.63, 3.8) is 0 Å². The SMILES string of the molecule is NCC(=O)N1CCN(C(=O)OCc2ccc3ccccc3c2)CC1. The average Bonchev–Trinajstić information content (AvgIpc) is 2.65. The van der Waals surface area contributed by atoms with Crippen molar-refractivity contribution in [1.82, 2.24) is 9.80 Å². The first-order chi connectivity index (χ1) is 11.7. The van der Waals surface area contributed by atoms with Gasteiger partial charge in [-0.3, -0.25) is 4.79 Å². The summed E-state index contributed by atoms with van der Waals surface area (Å²) in [7, 11) is 0. The fourth-order valence-corrected chi connectivity index (χ4v) is 2.83. The Morgan fingerprint density at radius 1 is 0.958 bits per heavy atom. The summed E-state index contributed by atoms with van der Waals surface area (Å²) in [5.41, 5.74) is 6.31. The van der Waals surface area contributed by atoms with Crippen LogP contribution in [-0.2, 0) is 16.1 Å². The Labute approximate surface area is 140 Å². The molecule has 2 N–H and O–H groups in total. The molecule has 0 radical (unpaired) electrons. The molecule has 24 heavy (non-hydrogen) atoms. The third kappa shape index (κ3) is 3.65. The minimum absolute atomic E-state index is 0.00636. The summed E-state index contributed by atoms with van der Waals surface area (Å²) in [6.45, 7) is 2.20. The summed E-state index contributed by atoms with van der Waals surface area (Å²) in [5.74, 6) is -0.0841. The Morgan fingerprint density at radius 2 is 1.62 bits per heavy atom. The molecule has 6 nitrogen and oxygen atoms in total. The highest BCUT2D eigenvalue weighted by atomic mass is 16.6. The molecule has 0 unspecified atom stereocenters. The summed E-state index contributed by atoms with van der Waals surface area (Å²) in [6, 6.07) is 14.1. The Bertz CT molecular complexity index is 739. The molecule has 1 heterocycles. The maximum Gasteiger partial charge on any atom is 0.410 e. The van der Waals surface area contributed by atoms with E-state index in [2.05, 4.69) is 0 Å². The lowest BCUT2D eigenvalue weighted by Crippen LogP contribution is -2.52. The van der Waals surface area contributed by atoms with E-state index >= 15 is 0 Å². The molecule has 0 spiro atoms. The largest absolute Gasteiger partial charge is 0.445 e. The van der Waals surface area contributed by atoms with Crippen LogP contribution >= 0.6 is 0 Å². The third-order valence-corrected chi connectivity index (χ3v) is 4.24. The van der Waals surface area contributed by atoms with E-state index in [1.165, 1.54) is 0 Å². The third-order valence-electron chi connectivity index (χ3n) is 4.24. The highest BCUT2D eigenvalue weighted by Gasteiger charge is 2.24. The van der Waals surface area contributed by atoms with Crippen LogP contribution in [-0.4, -0.2) is 54.5 Å². The predicted molar refractivity (Wildman–Crippen MR) is 91.3 cm³/mol. The second-order valence-corrected chi connectivity index (χ2v) is 5.81. The fraction of sp³-hybridized carbons (Fsp3) is 0.333. The second kappa shape index (κ2) is 7.31. The van der Waals surface area contributed by atoms with E-state index in [0.29, 0.717) is 26.2 Å². The number of hydrogen-bond acceptors (Lipinski definition) is 4. The fourth-order valence-electron chi connectivity index (χ4n) is 2.83. The quantitative estimate of drug-likeness (QED) is 0.929. The number of amides is 2. The van der Waals surface area contributed by atoms with Crippen LogP contribution in [0.25, 0.3) is 10.8 Å². The van der Waals surface area contributed by atoms with Gasteiger partial charge in [-0.15, -0.1) is 0 Å². The van der Waals surface area contributed by atoms with Gasteiger partial charge in [0.15, 0.2) is 0 Å². The van der Waals surface area contributed by atoms with Gasteiger partial charge in [0.25, 0.3) is 0 Å².